The molecule has 0 aliphatic heterocycles. The van der Waals surface area contributed by atoms with Gasteiger partial charge in [0, 0.05) is 23.8 Å². The summed E-state index contributed by atoms with van der Waals surface area (Å²) in [6, 6.07) is 18.7. The maximum Gasteiger partial charge on any atom is 0.226 e. The van der Waals surface area contributed by atoms with E-state index >= 15 is 0 Å². The first-order chi connectivity index (χ1) is 12.1. The molecule has 0 spiro atoms. The number of nitrogens with zero attached hydrogens (tertiary/aromatic N) is 3. The molecule has 1 aromatic carbocycles. The lowest BCUT2D eigenvalue weighted by atomic mass is 10.1. The van der Waals surface area contributed by atoms with Crippen LogP contribution in [0.25, 0.3) is 0 Å². The highest BCUT2D eigenvalue weighted by molar-refractivity contribution is 6.08. The number of pyridine rings is 2. The van der Waals surface area contributed by atoms with Gasteiger partial charge in [-0.25, -0.2) is 9.13 Å². The van der Waals surface area contributed by atoms with E-state index in [0.29, 0.717) is 5.56 Å². The second-order valence-corrected chi connectivity index (χ2v) is 5.43. The van der Waals surface area contributed by atoms with E-state index in [4.69, 9.17) is 5.21 Å². The number of ketones is 1. The van der Waals surface area contributed by atoms with Gasteiger partial charge in [0.2, 0.25) is 5.69 Å². The van der Waals surface area contributed by atoms with Crippen LogP contribution in [-0.4, -0.2) is 17.2 Å². The maximum atomic E-state index is 12.0. The third-order valence-electron chi connectivity index (χ3n) is 3.52. The summed E-state index contributed by atoms with van der Waals surface area (Å²) in [6.07, 6.45) is 7.01. The molecule has 0 aliphatic carbocycles. The number of hydrogen-bond donors (Lipinski definition) is 1. The lowest BCUT2D eigenvalue weighted by molar-refractivity contribution is -0.672. The van der Waals surface area contributed by atoms with Crippen LogP contribution in [0.1, 0.15) is 21.6 Å². The summed E-state index contributed by atoms with van der Waals surface area (Å²) in [6.45, 7) is 0. The summed E-state index contributed by atoms with van der Waals surface area (Å²) >= 11 is 0. The summed E-state index contributed by atoms with van der Waals surface area (Å²) < 4.78 is 3.73. The van der Waals surface area contributed by atoms with Gasteiger partial charge in [-0.2, -0.15) is 0 Å². The zero-order valence-corrected chi connectivity index (χ0v) is 18.2. The first kappa shape index (κ1) is 24.6. The van der Waals surface area contributed by atoms with Crippen LogP contribution in [-0.2, 0) is 14.1 Å². The van der Waals surface area contributed by atoms with Crippen molar-refractivity contribution in [2.24, 2.45) is 19.3 Å². The smallest absolute Gasteiger partial charge is 0.226 e. The molecule has 0 atom stereocenters. The van der Waals surface area contributed by atoms with E-state index in [0.717, 1.165) is 11.3 Å². The zero-order valence-electron chi connectivity index (χ0n) is 15.0. The van der Waals surface area contributed by atoms with Crippen molar-refractivity contribution in [1.82, 2.24) is 0 Å². The van der Waals surface area contributed by atoms with Crippen LogP contribution in [0.5, 0.6) is 0 Å². The molecular weight excluding hydrogens is 474 g/mol. The highest BCUT2D eigenvalue weighted by atomic mass is 79.9. The third kappa shape index (κ3) is 7.80. The van der Waals surface area contributed by atoms with Gasteiger partial charge in [-0.15, -0.1) is 0 Å². The number of halogens is 2. The summed E-state index contributed by atoms with van der Waals surface area (Å²) in [5.41, 5.74) is 2.31. The monoisotopic (exact) mass is 493 g/mol. The summed E-state index contributed by atoms with van der Waals surface area (Å²) in [5.74, 6) is 0.0619. The quantitative estimate of drug-likeness (QED) is 0.133. The van der Waals surface area contributed by atoms with Crippen molar-refractivity contribution in [3.63, 3.8) is 0 Å². The number of benzene rings is 1. The topological polar surface area (TPSA) is 57.4 Å². The van der Waals surface area contributed by atoms with Gasteiger partial charge in [0.25, 0.3) is 0 Å². The molecule has 0 fully saturated rings. The minimum atomic E-state index is 0. The summed E-state index contributed by atoms with van der Waals surface area (Å²) in [7, 11) is 3.79. The van der Waals surface area contributed by atoms with E-state index in [-0.39, 0.29) is 39.7 Å². The lowest BCUT2D eigenvalue weighted by Gasteiger charge is -1.98. The van der Waals surface area contributed by atoms with E-state index in [1.807, 2.05) is 102 Å². The van der Waals surface area contributed by atoms with Crippen LogP contribution >= 0.6 is 0 Å². The number of oxime groups is 1. The summed E-state index contributed by atoms with van der Waals surface area (Å²) in [5, 5.41) is 11.1. The Morgan fingerprint density at radius 3 is 2.11 bits per heavy atom. The average Bonchev–Trinajstić information content (AvgIpc) is 2.64. The molecule has 2 aromatic heterocycles. The Labute approximate surface area is 180 Å². The Hall–Kier alpha value is -2.38. The normalized spacial score (nSPS) is 9.41. The molecule has 1 N–H and O–H groups in total. The number of carbonyl (C=O) groups is 1. The fourth-order valence-electron chi connectivity index (χ4n) is 2.21. The van der Waals surface area contributed by atoms with E-state index < -0.39 is 0 Å². The third-order valence-corrected chi connectivity index (χ3v) is 3.52. The zero-order chi connectivity index (χ0) is 18.1. The van der Waals surface area contributed by atoms with Crippen LogP contribution in [0.3, 0.4) is 0 Å². The Kier molecular flexibility index (Phi) is 11.8. The van der Waals surface area contributed by atoms with Gasteiger partial charge in [0.1, 0.15) is 20.3 Å². The van der Waals surface area contributed by atoms with Gasteiger partial charge in [0.05, 0.1) is 5.56 Å². The van der Waals surface area contributed by atoms with Crippen LogP contribution in [0, 0.1) is 0 Å². The average molecular weight is 495 g/mol. The predicted molar refractivity (Wildman–Crippen MR) is 94.5 cm³/mol. The molecular formula is C20H21Br2N3O2. The highest BCUT2D eigenvalue weighted by Crippen LogP contribution is 2.06. The predicted octanol–water partition coefficient (Wildman–Crippen LogP) is -3.93. The summed E-state index contributed by atoms with van der Waals surface area (Å²) in [4.78, 5) is 12.0. The molecule has 3 aromatic rings. The van der Waals surface area contributed by atoms with Crippen molar-refractivity contribution >= 4 is 12.0 Å². The Balaban J connectivity index is 0.000000500. The molecule has 142 valence electrons. The van der Waals surface area contributed by atoms with E-state index in [9.17, 15) is 4.79 Å². The molecule has 0 radical (unpaired) electrons. The van der Waals surface area contributed by atoms with Crippen molar-refractivity contribution in [3.8, 4) is 0 Å². The van der Waals surface area contributed by atoms with Crippen molar-refractivity contribution in [3.05, 3.63) is 96.1 Å². The molecule has 7 heteroatoms. The molecule has 0 aliphatic rings. The van der Waals surface area contributed by atoms with Crippen molar-refractivity contribution in [2.75, 3.05) is 0 Å². The largest absolute Gasteiger partial charge is 1.00 e. The van der Waals surface area contributed by atoms with Crippen molar-refractivity contribution in [2.45, 2.75) is 0 Å². The first-order valence-corrected chi connectivity index (χ1v) is 7.79. The van der Waals surface area contributed by atoms with Gasteiger partial charge in [-0.1, -0.05) is 35.5 Å². The van der Waals surface area contributed by atoms with Gasteiger partial charge in [-0.3, -0.25) is 4.79 Å². The van der Waals surface area contributed by atoms with Crippen molar-refractivity contribution in [1.29, 1.82) is 0 Å². The van der Waals surface area contributed by atoms with Crippen LogP contribution < -0.4 is 43.1 Å². The maximum absolute atomic E-state index is 12.0. The minimum absolute atomic E-state index is 0. The molecule has 0 saturated heterocycles. The number of rotatable bonds is 3. The fraction of sp³-hybridized carbons (Fsp3) is 0.100. The van der Waals surface area contributed by atoms with E-state index in [1.54, 1.807) is 0 Å². The molecule has 0 bridgehead atoms. The second kappa shape index (κ2) is 12.9. The SMILES string of the molecule is C[n+]1cccc(C(=O)c2ccccc2)c1.C[n+]1ccccc1C=NO.[Br-].[Br-]. The molecule has 2 heterocycles. The Bertz CT molecular complexity index is 872. The van der Waals surface area contributed by atoms with Crippen LogP contribution in [0.4, 0.5) is 0 Å². The van der Waals surface area contributed by atoms with Crippen LogP contribution in [0.2, 0.25) is 0 Å². The van der Waals surface area contributed by atoms with Crippen LogP contribution in [0.15, 0.2) is 84.4 Å². The number of carbonyl (C=O) groups excluding carboxylic acids is 1. The Morgan fingerprint density at radius 1 is 0.889 bits per heavy atom. The molecule has 0 saturated carbocycles. The number of hydrogen-bond acceptors (Lipinski definition) is 3. The molecule has 0 unspecified atom stereocenters. The standard InChI is InChI=1S/C13H12NO.C7H8N2O.2BrH/c1-14-9-5-8-12(10-14)13(15)11-6-3-2-4-7-11;1-9-5-3-2-4-7(9)6-8-10;;/h2-10H,1H3;2-6H,1H3;2*1H/q+1;;;/p-1. The van der Waals surface area contributed by atoms with E-state index in [1.165, 1.54) is 6.21 Å². The molecule has 3 rings (SSSR count). The second-order valence-electron chi connectivity index (χ2n) is 5.43. The minimum Gasteiger partial charge on any atom is -1.00 e. The Morgan fingerprint density at radius 2 is 1.52 bits per heavy atom. The molecule has 0 amide bonds. The first-order valence-electron chi connectivity index (χ1n) is 7.79. The van der Waals surface area contributed by atoms with Gasteiger partial charge in [0.15, 0.2) is 24.4 Å². The lowest BCUT2D eigenvalue weighted by Crippen LogP contribution is -3.00. The van der Waals surface area contributed by atoms with Gasteiger partial charge in [-0.05, 0) is 12.1 Å². The number of aromatic nitrogens is 2. The van der Waals surface area contributed by atoms with E-state index in [2.05, 4.69) is 5.16 Å². The van der Waals surface area contributed by atoms with Gasteiger partial charge < -0.3 is 39.2 Å². The fourth-order valence-corrected chi connectivity index (χ4v) is 2.21. The molecule has 5 nitrogen and oxygen atoms in total. The number of aryl methyl sites for hydroxylation is 2. The highest BCUT2D eigenvalue weighted by Gasteiger charge is 2.10. The molecule has 27 heavy (non-hydrogen) atoms. The van der Waals surface area contributed by atoms with Crippen molar-refractivity contribution < 1.29 is 53.1 Å². The van der Waals surface area contributed by atoms with Gasteiger partial charge >= 0.3 is 0 Å².